The van der Waals surface area contributed by atoms with Gasteiger partial charge in [0, 0.05) is 0 Å². The van der Waals surface area contributed by atoms with Gasteiger partial charge in [-0.15, -0.1) is 0 Å². The van der Waals surface area contributed by atoms with Crippen LogP contribution in [0.2, 0.25) is 0 Å². The van der Waals surface area contributed by atoms with E-state index in [2.05, 4.69) is 92.7 Å². The van der Waals surface area contributed by atoms with Crippen LogP contribution in [0.4, 0.5) is 0 Å². The maximum atomic E-state index is 2.37. The minimum atomic E-state index is -0.800. The van der Waals surface area contributed by atoms with Crippen molar-refractivity contribution in [2.24, 2.45) is 0 Å². The van der Waals surface area contributed by atoms with Crippen molar-refractivity contribution in [3.63, 3.8) is 0 Å². The molecule has 0 atom stereocenters. The predicted molar refractivity (Wildman–Crippen MR) is 110 cm³/mol. The summed E-state index contributed by atoms with van der Waals surface area (Å²) in [6, 6.07) is 25.1. The molecule has 3 aromatic carbocycles. The summed E-state index contributed by atoms with van der Waals surface area (Å²) in [6.45, 7) is 4.41. The zero-order valence-corrected chi connectivity index (χ0v) is 20.5. The third kappa shape index (κ3) is 4.11. The Bertz CT molecular complexity index is 1050. The first kappa shape index (κ1) is 22.3. The minimum Gasteiger partial charge on any atom is -1.00 e. The third-order valence-electron chi connectivity index (χ3n) is 5.62. The second-order valence-corrected chi connectivity index (χ2v) is 11.2. The van der Waals surface area contributed by atoms with E-state index in [0.717, 1.165) is 6.42 Å². The molecule has 0 aromatic heterocycles. The SMILES string of the molecule is Cc1cc(C)cc(C2=[C]([Zr+2][CH]3c4ccccc4-c4ccccc43)CC=C2)c1.[Cl-].[Cl-]. The number of halogens is 2. The Kier molecular flexibility index (Phi) is 7.05. The average Bonchev–Trinajstić information content (AvgIpc) is 3.25. The molecule has 0 saturated heterocycles. The molecule has 0 N–H and O–H groups in total. The number of fused-ring (bicyclic) bond motifs is 3. The Labute approximate surface area is 197 Å². The van der Waals surface area contributed by atoms with Gasteiger partial charge in [0.25, 0.3) is 0 Å². The van der Waals surface area contributed by atoms with E-state index in [-0.39, 0.29) is 24.8 Å². The summed E-state index contributed by atoms with van der Waals surface area (Å²) in [6.07, 6.45) is 5.89. The topological polar surface area (TPSA) is 0 Å². The van der Waals surface area contributed by atoms with Crippen molar-refractivity contribution in [1.82, 2.24) is 0 Å². The summed E-state index contributed by atoms with van der Waals surface area (Å²) < 4.78 is 2.37. The van der Waals surface area contributed by atoms with Crippen LogP contribution in [-0.2, 0) is 23.2 Å². The number of hydrogen-bond donors (Lipinski definition) is 0. The van der Waals surface area contributed by atoms with Crippen LogP contribution in [0.15, 0.2) is 82.2 Å². The molecule has 0 aliphatic heterocycles. The quantitative estimate of drug-likeness (QED) is 0.504. The predicted octanol–water partition coefficient (Wildman–Crippen LogP) is 0.835. The molecule has 0 amide bonds. The smallest absolute Gasteiger partial charge is 1.00 e. The molecule has 3 aromatic rings. The van der Waals surface area contributed by atoms with Gasteiger partial charge in [0.1, 0.15) is 0 Å². The van der Waals surface area contributed by atoms with Crippen molar-refractivity contribution in [2.45, 2.75) is 23.9 Å². The summed E-state index contributed by atoms with van der Waals surface area (Å²) in [5.74, 6) is 0. The number of rotatable bonds is 3. The molecule has 2 aliphatic carbocycles. The van der Waals surface area contributed by atoms with E-state index in [9.17, 15) is 0 Å². The van der Waals surface area contributed by atoms with Gasteiger partial charge in [-0.25, -0.2) is 0 Å². The molecule has 2 aliphatic rings. The molecule has 0 nitrogen and oxygen atoms in total. The van der Waals surface area contributed by atoms with Crippen LogP contribution < -0.4 is 24.8 Å². The normalized spacial score (nSPS) is 14.0. The van der Waals surface area contributed by atoms with Crippen molar-refractivity contribution in [3.05, 3.63) is 110 Å². The van der Waals surface area contributed by atoms with E-state index >= 15 is 0 Å². The number of hydrogen-bond acceptors (Lipinski definition) is 0. The maximum absolute atomic E-state index is 2.37. The Balaban J connectivity index is 0.00000120. The van der Waals surface area contributed by atoms with Crippen LogP contribution >= 0.6 is 0 Å². The van der Waals surface area contributed by atoms with Crippen molar-refractivity contribution < 1.29 is 48.0 Å². The Morgan fingerprint density at radius 3 is 1.90 bits per heavy atom. The van der Waals surface area contributed by atoms with Crippen molar-refractivity contribution in [3.8, 4) is 11.1 Å². The fraction of sp³-hybridized carbons (Fsp3) is 0.154. The average molecular weight is 497 g/mol. The van der Waals surface area contributed by atoms with E-state index in [0.29, 0.717) is 3.63 Å². The molecule has 144 valence electrons. The molecule has 29 heavy (non-hydrogen) atoms. The van der Waals surface area contributed by atoms with Crippen LogP contribution in [0.1, 0.15) is 37.9 Å². The summed E-state index contributed by atoms with van der Waals surface area (Å²) >= 11 is -0.800. The number of aryl methyl sites for hydroxylation is 2. The molecular weight excluding hydrogens is 474 g/mol. The molecule has 0 saturated carbocycles. The Morgan fingerprint density at radius 1 is 0.759 bits per heavy atom. The zero-order chi connectivity index (χ0) is 18.4. The second kappa shape index (κ2) is 9.17. The summed E-state index contributed by atoms with van der Waals surface area (Å²) in [7, 11) is 0. The van der Waals surface area contributed by atoms with Gasteiger partial charge >= 0.3 is 174 Å². The summed E-state index contributed by atoms with van der Waals surface area (Å²) in [5, 5.41) is 0. The van der Waals surface area contributed by atoms with Crippen LogP contribution in [0.5, 0.6) is 0 Å². The van der Waals surface area contributed by atoms with Crippen LogP contribution in [-0.4, -0.2) is 0 Å². The molecule has 0 radical (unpaired) electrons. The van der Waals surface area contributed by atoms with Gasteiger partial charge in [0.05, 0.1) is 0 Å². The first-order valence-corrected chi connectivity index (χ1v) is 12.3. The monoisotopic (exact) mass is 494 g/mol. The van der Waals surface area contributed by atoms with Crippen LogP contribution in [0.3, 0.4) is 0 Å². The van der Waals surface area contributed by atoms with Crippen LogP contribution in [0.25, 0.3) is 16.7 Å². The van der Waals surface area contributed by atoms with Crippen molar-refractivity contribution in [2.75, 3.05) is 0 Å². The molecule has 0 spiro atoms. The molecule has 0 bridgehead atoms. The second-order valence-electron chi connectivity index (χ2n) is 7.63. The van der Waals surface area contributed by atoms with E-state index in [1.807, 2.05) is 0 Å². The molecule has 0 fully saturated rings. The number of benzene rings is 3. The molecule has 3 heteroatoms. The first-order chi connectivity index (χ1) is 13.2. The fourth-order valence-electron chi connectivity index (χ4n) is 4.53. The molecule has 0 unspecified atom stereocenters. The van der Waals surface area contributed by atoms with Gasteiger partial charge in [0.15, 0.2) is 0 Å². The van der Waals surface area contributed by atoms with E-state index in [4.69, 9.17) is 0 Å². The van der Waals surface area contributed by atoms with Crippen molar-refractivity contribution >= 4 is 5.57 Å². The van der Waals surface area contributed by atoms with E-state index in [1.165, 1.54) is 33.4 Å². The van der Waals surface area contributed by atoms with Gasteiger partial charge in [-0.05, 0) is 0 Å². The van der Waals surface area contributed by atoms with Gasteiger partial charge in [-0.1, -0.05) is 0 Å². The molecule has 5 rings (SSSR count). The Morgan fingerprint density at radius 2 is 1.31 bits per heavy atom. The summed E-state index contributed by atoms with van der Waals surface area (Å²) in [5.41, 5.74) is 11.7. The minimum absolute atomic E-state index is 0. The maximum Gasteiger partial charge on any atom is -1.00 e. The fourth-order valence-corrected chi connectivity index (χ4v) is 8.91. The van der Waals surface area contributed by atoms with Crippen molar-refractivity contribution in [1.29, 1.82) is 0 Å². The van der Waals surface area contributed by atoms with Crippen LogP contribution in [0, 0.1) is 13.8 Å². The molecular formula is C26H22Cl2Zr. The standard InChI is InChI=1S/C13H9.C13H13.2ClH.Zr/c1-3-7-12-10(5-1)9-11-6-2-4-8-13(11)12;1-10-7-11(2)9-13(8-10)12-5-3-4-6-12;;;/h1-9H;3,5,7-9H,4H2,1-2H3;2*1H;/q;;;;+2/p-2. The number of allylic oxidation sites excluding steroid dienone is 4. The Hall–Kier alpha value is -1.40. The van der Waals surface area contributed by atoms with Gasteiger partial charge < -0.3 is 24.8 Å². The van der Waals surface area contributed by atoms with E-state index < -0.39 is 23.2 Å². The largest absolute Gasteiger partial charge is 1.00 e. The van der Waals surface area contributed by atoms with Gasteiger partial charge in [-0.3, -0.25) is 0 Å². The van der Waals surface area contributed by atoms with Gasteiger partial charge in [0.2, 0.25) is 0 Å². The molecule has 0 heterocycles. The first-order valence-electron chi connectivity index (χ1n) is 9.64. The van der Waals surface area contributed by atoms with E-state index in [1.54, 1.807) is 14.4 Å². The zero-order valence-electron chi connectivity index (χ0n) is 16.5. The summed E-state index contributed by atoms with van der Waals surface area (Å²) in [4.78, 5) is 0. The van der Waals surface area contributed by atoms with Gasteiger partial charge in [-0.2, -0.15) is 0 Å². The third-order valence-corrected chi connectivity index (χ3v) is 9.88.